The summed E-state index contributed by atoms with van der Waals surface area (Å²) in [7, 11) is 0. The first-order valence-corrected chi connectivity index (χ1v) is 9.84. The summed E-state index contributed by atoms with van der Waals surface area (Å²) in [6.07, 6.45) is 5.57. The van der Waals surface area contributed by atoms with Gasteiger partial charge in [-0.05, 0) is 56.5 Å². The summed E-state index contributed by atoms with van der Waals surface area (Å²) in [6, 6.07) is 7.52. The number of pyridine rings is 1. The van der Waals surface area contributed by atoms with Crippen LogP contribution in [0, 0.1) is 0 Å². The third kappa shape index (κ3) is 4.10. The minimum absolute atomic E-state index is 0.116. The average Bonchev–Trinajstić information content (AvgIpc) is 3.25. The van der Waals surface area contributed by atoms with Gasteiger partial charge in [0, 0.05) is 30.1 Å². The van der Waals surface area contributed by atoms with E-state index in [2.05, 4.69) is 10.3 Å². The number of hydrogen-bond acceptors (Lipinski definition) is 5. The fourth-order valence-corrected chi connectivity index (χ4v) is 3.59. The lowest BCUT2D eigenvalue weighted by Crippen LogP contribution is -2.29. The molecule has 2 aliphatic heterocycles. The van der Waals surface area contributed by atoms with Crippen molar-refractivity contribution in [2.24, 2.45) is 0 Å². The van der Waals surface area contributed by atoms with E-state index in [0.717, 1.165) is 28.8 Å². The summed E-state index contributed by atoms with van der Waals surface area (Å²) in [5, 5.41) is 2.67. The minimum Gasteiger partial charge on any atom is -0.457 e. The quantitative estimate of drug-likeness (QED) is 0.626. The number of fused-ring (bicyclic) bond motifs is 2. The number of anilines is 2. The summed E-state index contributed by atoms with van der Waals surface area (Å²) < 4.78 is 5.29. The Bertz CT molecular complexity index is 1080. The summed E-state index contributed by atoms with van der Waals surface area (Å²) in [6.45, 7) is 6.02. The van der Waals surface area contributed by atoms with Crippen LogP contribution in [0.1, 0.15) is 47.8 Å². The van der Waals surface area contributed by atoms with Crippen molar-refractivity contribution in [2.45, 2.75) is 39.2 Å². The predicted octanol–water partition coefficient (Wildman–Crippen LogP) is 3.13. The van der Waals surface area contributed by atoms with Gasteiger partial charge in [0.05, 0.1) is 12.0 Å². The van der Waals surface area contributed by atoms with Crippen LogP contribution < -0.4 is 10.2 Å². The third-order valence-electron chi connectivity index (χ3n) is 4.89. The van der Waals surface area contributed by atoms with Crippen molar-refractivity contribution in [3.63, 3.8) is 0 Å². The van der Waals surface area contributed by atoms with Crippen molar-refractivity contribution in [1.82, 2.24) is 4.98 Å². The lowest BCUT2D eigenvalue weighted by molar-refractivity contribution is -0.148. The maximum Gasteiger partial charge on any atom is 0.331 e. The van der Waals surface area contributed by atoms with Crippen molar-refractivity contribution in [1.29, 1.82) is 0 Å². The van der Waals surface area contributed by atoms with Crippen molar-refractivity contribution in [2.75, 3.05) is 16.8 Å². The maximum absolute atomic E-state index is 13.1. The average molecular weight is 405 g/mol. The number of nitrogens with one attached hydrogen (secondary N) is 1. The molecule has 0 saturated heterocycles. The molecule has 2 aromatic rings. The molecule has 0 radical (unpaired) electrons. The molecule has 7 nitrogen and oxygen atoms in total. The molecule has 0 aliphatic carbocycles. The fraction of sp³-hybridized carbons (Fsp3) is 0.304. The van der Waals surface area contributed by atoms with Gasteiger partial charge in [0.25, 0.3) is 5.91 Å². The first kappa shape index (κ1) is 19.8. The minimum atomic E-state index is -0.549. The molecule has 0 saturated carbocycles. The summed E-state index contributed by atoms with van der Waals surface area (Å²) in [5.41, 5.74) is 3.34. The number of rotatable bonds is 3. The molecule has 30 heavy (non-hydrogen) atoms. The molecular formula is C23H23N3O4. The smallest absolute Gasteiger partial charge is 0.331 e. The molecule has 0 unspecified atom stereocenters. The predicted molar refractivity (Wildman–Crippen MR) is 113 cm³/mol. The van der Waals surface area contributed by atoms with Crippen LogP contribution >= 0.6 is 0 Å². The van der Waals surface area contributed by atoms with Gasteiger partial charge >= 0.3 is 5.97 Å². The number of ether oxygens (including phenoxy) is 1. The van der Waals surface area contributed by atoms with Gasteiger partial charge in [-0.25, -0.2) is 9.78 Å². The second kappa shape index (κ2) is 7.40. The van der Waals surface area contributed by atoms with E-state index in [0.29, 0.717) is 17.9 Å². The van der Waals surface area contributed by atoms with Gasteiger partial charge in [-0.2, -0.15) is 0 Å². The first-order valence-electron chi connectivity index (χ1n) is 9.84. The van der Waals surface area contributed by atoms with E-state index in [1.165, 1.54) is 12.3 Å². The van der Waals surface area contributed by atoms with Crippen LogP contribution in [0.4, 0.5) is 11.5 Å². The highest BCUT2D eigenvalue weighted by Crippen LogP contribution is 2.31. The van der Waals surface area contributed by atoms with Crippen LogP contribution in [-0.4, -0.2) is 34.9 Å². The number of amides is 2. The Morgan fingerprint density at radius 1 is 1.20 bits per heavy atom. The summed E-state index contributed by atoms with van der Waals surface area (Å²) >= 11 is 0. The van der Waals surface area contributed by atoms with Gasteiger partial charge < -0.3 is 15.0 Å². The number of hydrogen-bond donors (Lipinski definition) is 1. The van der Waals surface area contributed by atoms with Gasteiger partial charge in [-0.15, -0.1) is 0 Å². The lowest BCUT2D eigenvalue weighted by atomic mass is 10.1. The second-order valence-electron chi connectivity index (χ2n) is 8.42. The highest BCUT2D eigenvalue weighted by Gasteiger charge is 2.28. The van der Waals surface area contributed by atoms with Crippen molar-refractivity contribution < 1.29 is 19.1 Å². The van der Waals surface area contributed by atoms with E-state index in [9.17, 15) is 14.4 Å². The van der Waals surface area contributed by atoms with Gasteiger partial charge in [-0.1, -0.05) is 12.1 Å². The van der Waals surface area contributed by atoms with Crippen LogP contribution in [0.3, 0.4) is 0 Å². The Morgan fingerprint density at radius 2 is 2.00 bits per heavy atom. The van der Waals surface area contributed by atoms with Crippen molar-refractivity contribution in [3.8, 4) is 0 Å². The summed E-state index contributed by atoms with van der Waals surface area (Å²) in [4.78, 5) is 42.5. The molecular weight excluding hydrogens is 382 g/mol. The van der Waals surface area contributed by atoms with E-state index in [4.69, 9.17) is 4.74 Å². The Hall–Kier alpha value is -3.48. The van der Waals surface area contributed by atoms with E-state index >= 15 is 0 Å². The fourth-order valence-electron chi connectivity index (χ4n) is 3.59. The molecule has 154 valence electrons. The molecule has 7 heteroatoms. The Morgan fingerprint density at radius 3 is 2.77 bits per heavy atom. The zero-order valence-electron chi connectivity index (χ0n) is 17.2. The molecule has 0 fully saturated rings. The van der Waals surface area contributed by atoms with Crippen LogP contribution in [0.25, 0.3) is 6.08 Å². The van der Waals surface area contributed by atoms with E-state index < -0.39 is 11.6 Å². The largest absolute Gasteiger partial charge is 0.457 e. The number of aromatic nitrogens is 1. The molecule has 0 atom stereocenters. The molecule has 3 heterocycles. The monoisotopic (exact) mass is 405 g/mol. The lowest BCUT2D eigenvalue weighted by Gasteiger charge is -2.18. The van der Waals surface area contributed by atoms with E-state index in [-0.39, 0.29) is 18.2 Å². The topological polar surface area (TPSA) is 88.6 Å². The van der Waals surface area contributed by atoms with E-state index in [1.807, 2.05) is 39.0 Å². The second-order valence-corrected chi connectivity index (χ2v) is 8.42. The van der Waals surface area contributed by atoms with Crippen LogP contribution in [0.5, 0.6) is 0 Å². The Labute approximate surface area is 174 Å². The van der Waals surface area contributed by atoms with Gasteiger partial charge in [0.2, 0.25) is 5.91 Å². The third-order valence-corrected chi connectivity index (χ3v) is 4.89. The molecule has 1 aromatic carbocycles. The number of carbonyl (C=O) groups excluding carboxylic acids is 3. The first-order chi connectivity index (χ1) is 14.2. The molecule has 0 spiro atoms. The molecule has 2 aliphatic rings. The summed E-state index contributed by atoms with van der Waals surface area (Å²) in [5.74, 6) is -0.164. The van der Waals surface area contributed by atoms with E-state index in [1.54, 1.807) is 17.0 Å². The van der Waals surface area contributed by atoms with Crippen molar-refractivity contribution in [3.05, 3.63) is 58.8 Å². The Balaban J connectivity index is 1.54. The molecule has 1 aromatic heterocycles. The highest BCUT2D eigenvalue weighted by atomic mass is 16.6. The van der Waals surface area contributed by atoms with Gasteiger partial charge in [0.15, 0.2) is 0 Å². The van der Waals surface area contributed by atoms with Crippen LogP contribution in [-0.2, 0) is 27.2 Å². The highest BCUT2D eigenvalue weighted by molar-refractivity contribution is 6.08. The molecule has 0 bridgehead atoms. The van der Waals surface area contributed by atoms with Crippen LogP contribution in [0.15, 0.2) is 36.5 Å². The standard InChI is InChI=1S/C23H23N3O4/c1-23(2,3)30-20(28)7-5-14-4-6-15-8-9-26(18(15)10-14)22(29)17-11-16-12-19(27)25-21(16)24-13-17/h4-7,10-11,13H,8-9,12H2,1-3H3,(H,24,25,27)/b7-5+. The molecule has 2 amide bonds. The maximum atomic E-state index is 13.1. The molecule has 1 N–H and O–H groups in total. The SMILES string of the molecule is CC(C)(C)OC(=O)/C=C/c1ccc2c(c1)N(C(=O)c1cnc3c(c1)CC(=O)N3)CC2. The van der Waals surface area contributed by atoms with Crippen LogP contribution in [0.2, 0.25) is 0 Å². The number of nitrogens with zero attached hydrogens (tertiary/aromatic N) is 2. The number of carbonyl (C=O) groups is 3. The normalized spacial score (nSPS) is 15.2. The van der Waals surface area contributed by atoms with Crippen molar-refractivity contribution >= 4 is 35.4 Å². The number of esters is 1. The number of benzene rings is 1. The zero-order valence-corrected chi connectivity index (χ0v) is 17.2. The Kier molecular flexibility index (Phi) is 4.89. The zero-order chi connectivity index (χ0) is 21.5. The van der Waals surface area contributed by atoms with Gasteiger partial charge in [-0.3, -0.25) is 9.59 Å². The molecule has 4 rings (SSSR count). The van der Waals surface area contributed by atoms with Gasteiger partial charge in [0.1, 0.15) is 11.4 Å².